The zero-order valence-corrected chi connectivity index (χ0v) is 12.7. The molecule has 4 rings (SSSR count). The molecule has 0 radical (unpaired) electrons. The van der Waals surface area contributed by atoms with Crippen LogP contribution in [0.1, 0.15) is 25.2 Å². The van der Waals surface area contributed by atoms with Crippen LogP contribution in [0.4, 0.5) is 0 Å². The Morgan fingerprint density at radius 1 is 1.18 bits per heavy atom. The lowest BCUT2D eigenvalue weighted by molar-refractivity contribution is 0.252. The first kappa shape index (κ1) is 13.9. The molecule has 116 valence electrons. The van der Waals surface area contributed by atoms with Crippen molar-refractivity contribution in [3.05, 3.63) is 36.2 Å². The van der Waals surface area contributed by atoms with Gasteiger partial charge >= 0.3 is 0 Å². The molecule has 0 bridgehead atoms. The minimum absolute atomic E-state index is 0.367. The molecule has 1 aromatic carbocycles. The Kier molecular flexibility index (Phi) is 3.68. The number of nitrogens with zero attached hydrogens (tertiary/aromatic N) is 3. The molecule has 1 aliphatic carbocycles. The van der Waals surface area contributed by atoms with Gasteiger partial charge < -0.3 is 10.3 Å². The fourth-order valence-corrected chi connectivity index (χ4v) is 3.95. The zero-order valence-electron chi connectivity index (χ0n) is 12.7. The number of benzene rings is 1. The molecule has 3 unspecified atom stereocenters. The molecule has 1 aromatic heterocycles. The van der Waals surface area contributed by atoms with Crippen molar-refractivity contribution < 1.29 is 4.52 Å². The van der Waals surface area contributed by atoms with Crippen molar-refractivity contribution in [2.75, 3.05) is 13.1 Å². The van der Waals surface area contributed by atoms with E-state index >= 15 is 0 Å². The average Bonchev–Trinajstić information content (AvgIpc) is 3.16. The molecular weight excluding hydrogens is 276 g/mol. The van der Waals surface area contributed by atoms with E-state index in [1.165, 1.54) is 19.3 Å². The molecule has 2 N–H and O–H groups in total. The van der Waals surface area contributed by atoms with Gasteiger partial charge in [0.05, 0.1) is 6.54 Å². The van der Waals surface area contributed by atoms with E-state index in [9.17, 15) is 0 Å². The van der Waals surface area contributed by atoms with Gasteiger partial charge in [0.1, 0.15) is 0 Å². The maximum absolute atomic E-state index is 6.28. The highest BCUT2D eigenvalue weighted by Crippen LogP contribution is 2.36. The number of nitrogens with two attached hydrogens (primary N) is 1. The van der Waals surface area contributed by atoms with Crippen LogP contribution in [-0.4, -0.2) is 34.2 Å². The molecule has 5 nitrogen and oxygen atoms in total. The fraction of sp³-hybridized carbons (Fsp3) is 0.529. The average molecular weight is 298 g/mol. The third-order valence-corrected chi connectivity index (χ3v) is 5.09. The summed E-state index contributed by atoms with van der Waals surface area (Å²) in [6.07, 6.45) is 3.76. The first-order valence-corrected chi connectivity index (χ1v) is 8.15. The van der Waals surface area contributed by atoms with Gasteiger partial charge in [-0.1, -0.05) is 41.9 Å². The Balaban J connectivity index is 1.43. The second-order valence-electron chi connectivity index (χ2n) is 6.59. The van der Waals surface area contributed by atoms with Crippen LogP contribution in [0.15, 0.2) is 34.9 Å². The number of likely N-dealkylation sites (tertiary alicyclic amines) is 1. The summed E-state index contributed by atoms with van der Waals surface area (Å²) < 4.78 is 5.43. The zero-order chi connectivity index (χ0) is 14.9. The van der Waals surface area contributed by atoms with Crippen molar-refractivity contribution >= 4 is 0 Å². The van der Waals surface area contributed by atoms with Gasteiger partial charge in [0, 0.05) is 24.7 Å². The van der Waals surface area contributed by atoms with E-state index in [2.05, 4.69) is 15.0 Å². The van der Waals surface area contributed by atoms with Crippen LogP contribution in [0.2, 0.25) is 0 Å². The maximum Gasteiger partial charge on any atom is 0.241 e. The predicted molar refractivity (Wildman–Crippen MR) is 83.8 cm³/mol. The summed E-state index contributed by atoms with van der Waals surface area (Å²) in [7, 11) is 0. The third-order valence-electron chi connectivity index (χ3n) is 5.09. The van der Waals surface area contributed by atoms with Gasteiger partial charge in [0.2, 0.25) is 11.7 Å². The minimum atomic E-state index is 0.367. The summed E-state index contributed by atoms with van der Waals surface area (Å²) in [5.74, 6) is 2.76. The monoisotopic (exact) mass is 298 g/mol. The van der Waals surface area contributed by atoms with Crippen LogP contribution in [-0.2, 0) is 6.54 Å². The number of hydrogen-bond donors (Lipinski definition) is 1. The predicted octanol–water partition coefficient (Wildman–Crippen LogP) is 2.30. The lowest BCUT2D eigenvalue weighted by atomic mass is 9.78. The normalized spacial score (nSPS) is 28.7. The fourth-order valence-electron chi connectivity index (χ4n) is 3.95. The highest BCUT2D eigenvalue weighted by molar-refractivity contribution is 5.53. The number of aromatic nitrogens is 2. The van der Waals surface area contributed by atoms with Crippen LogP contribution in [0.25, 0.3) is 11.4 Å². The molecule has 2 fully saturated rings. The topological polar surface area (TPSA) is 68.2 Å². The first-order chi connectivity index (χ1) is 10.8. The summed E-state index contributed by atoms with van der Waals surface area (Å²) in [5.41, 5.74) is 7.27. The van der Waals surface area contributed by atoms with Gasteiger partial charge in [-0.25, -0.2) is 0 Å². The summed E-state index contributed by atoms with van der Waals surface area (Å²) in [5, 5.41) is 4.10. The van der Waals surface area contributed by atoms with Crippen molar-refractivity contribution in [3.63, 3.8) is 0 Å². The van der Waals surface area contributed by atoms with Gasteiger partial charge in [-0.2, -0.15) is 4.98 Å². The number of rotatable bonds is 3. The highest BCUT2D eigenvalue weighted by Gasteiger charge is 2.38. The highest BCUT2D eigenvalue weighted by atomic mass is 16.5. The number of hydrogen-bond acceptors (Lipinski definition) is 5. The Bertz CT molecular complexity index is 627. The van der Waals surface area contributed by atoms with E-state index in [0.717, 1.165) is 31.1 Å². The summed E-state index contributed by atoms with van der Waals surface area (Å²) >= 11 is 0. The Morgan fingerprint density at radius 3 is 2.86 bits per heavy atom. The van der Waals surface area contributed by atoms with Crippen molar-refractivity contribution in [1.29, 1.82) is 0 Å². The van der Waals surface area contributed by atoms with Crippen molar-refractivity contribution in [3.8, 4) is 11.4 Å². The standard InChI is InChI=1S/C17H22N4O/c18-15-8-4-7-13-9-21(10-14(13)15)11-16-19-17(20-22-16)12-5-2-1-3-6-12/h1-3,5-6,13-15H,4,7-11,18H2. The van der Waals surface area contributed by atoms with E-state index < -0.39 is 0 Å². The molecule has 1 saturated carbocycles. The summed E-state index contributed by atoms with van der Waals surface area (Å²) in [4.78, 5) is 6.95. The van der Waals surface area contributed by atoms with E-state index in [1.807, 2.05) is 30.3 Å². The SMILES string of the molecule is NC1CCCC2CN(Cc3nc(-c4ccccc4)no3)CC12. The molecule has 2 aromatic rings. The molecule has 5 heteroatoms. The molecule has 2 aliphatic rings. The second-order valence-corrected chi connectivity index (χ2v) is 6.59. The van der Waals surface area contributed by atoms with Crippen LogP contribution in [0.5, 0.6) is 0 Å². The van der Waals surface area contributed by atoms with E-state index in [0.29, 0.717) is 23.7 Å². The van der Waals surface area contributed by atoms with Crippen molar-refractivity contribution in [2.45, 2.75) is 31.8 Å². The molecule has 1 saturated heterocycles. The van der Waals surface area contributed by atoms with Crippen molar-refractivity contribution in [1.82, 2.24) is 15.0 Å². The molecule has 22 heavy (non-hydrogen) atoms. The van der Waals surface area contributed by atoms with Crippen LogP contribution in [0, 0.1) is 11.8 Å². The van der Waals surface area contributed by atoms with Crippen LogP contribution in [0.3, 0.4) is 0 Å². The van der Waals surface area contributed by atoms with Crippen LogP contribution < -0.4 is 5.73 Å². The minimum Gasteiger partial charge on any atom is -0.338 e. The smallest absolute Gasteiger partial charge is 0.241 e. The summed E-state index contributed by atoms with van der Waals surface area (Å²) in [6, 6.07) is 10.3. The molecule has 3 atom stereocenters. The molecule has 0 spiro atoms. The largest absolute Gasteiger partial charge is 0.338 e. The maximum atomic E-state index is 6.28. The van der Waals surface area contributed by atoms with Gasteiger partial charge in [-0.05, 0) is 24.7 Å². The molecule has 2 heterocycles. The van der Waals surface area contributed by atoms with Gasteiger partial charge in [0.15, 0.2) is 0 Å². The first-order valence-electron chi connectivity index (χ1n) is 8.15. The summed E-state index contributed by atoms with van der Waals surface area (Å²) in [6.45, 7) is 2.91. The van der Waals surface area contributed by atoms with E-state index in [-0.39, 0.29) is 0 Å². The molecule has 1 aliphatic heterocycles. The number of fused-ring (bicyclic) bond motifs is 1. The van der Waals surface area contributed by atoms with Crippen molar-refractivity contribution in [2.24, 2.45) is 17.6 Å². The van der Waals surface area contributed by atoms with E-state index in [4.69, 9.17) is 10.3 Å². The third kappa shape index (κ3) is 2.66. The Labute approximate surface area is 130 Å². The lowest BCUT2D eigenvalue weighted by Gasteiger charge is -2.29. The van der Waals surface area contributed by atoms with Gasteiger partial charge in [0.25, 0.3) is 0 Å². The van der Waals surface area contributed by atoms with Crippen LogP contribution >= 0.6 is 0 Å². The lowest BCUT2D eigenvalue weighted by Crippen LogP contribution is -2.38. The van der Waals surface area contributed by atoms with E-state index in [1.54, 1.807) is 0 Å². The second kappa shape index (κ2) is 5.82. The van der Waals surface area contributed by atoms with Gasteiger partial charge in [-0.15, -0.1) is 0 Å². The van der Waals surface area contributed by atoms with Gasteiger partial charge in [-0.3, -0.25) is 4.90 Å². The Morgan fingerprint density at radius 2 is 2.05 bits per heavy atom. The molecular formula is C17H22N4O. The quantitative estimate of drug-likeness (QED) is 0.941. The Hall–Kier alpha value is -1.72. The molecule has 0 amide bonds.